The zero-order valence-electron chi connectivity index (χ0n) is 11.7. The fraction of sp³-hybridized carbons (Fsp3) is 0.235. The first-order valence-corrected chi connectivity index (χ1v) is 7.03. The number of benzene rings is 2. The molecule has 0 saturated heterocycles. The summed E-state index contributed by atoms with van der Waals surface area (Å²) in [7, 11) is 0. The van der Waals surface area contributed by atoms with Crippen LogP contribution < -0.4 is 5.73 Å². The number of hydrogen-bond acceptors (Lipinski definition) is 3. The Bertz CT molecular complexity index is 629. The predicted molar refractivity (Wildman–Crippen MR) is 82.5 cm³/mol. The normalized spacial score (nSPS) is 13.9. The van der Waals surface area contributed by atoms with E-state index in [9.17, 15) is 0 Å². The second-order valence-electron chi connectivity index (χ2n) is 4.99. The molecule has 1 aliphatic heterocycles. The molecule has 0 spiro atoms. The molecule has 20 heavy (non-hydrogen) atoms. The summed E-state index contributed by atoms with van der Waals surface area (Å²) in [4.78, 5) is 0. The largest absolute Gasteiger partial charge is 0.326 e. The van der Waals surface area contributed by atoms with Crippen molar-refractivity contribution >= 4 is 5.71 Å². The molecule has 0 bridgehead atoms. The Morgan fingerprint density at radius 2 is 1.85 bits per heavy atom. The lowest BCUT2D eigenvalue weighted by molar-refractivity contribution is 0.291. The minimum atomic E-state index is 0.574. The van der Waals surface area contributed by atoms with Crippen LogP contribution in [0.5, 0.6) is 0 Å². The highest BCUT2D eigenvalue weighted by molar-refractivity contribution is 6.14. The summed E-state index contributed by atoms with van der Waals surface area (Å²) in [6.45, 7) is 4.51. The fourth-order valence-corrected chi connectivity index (χ4v) is 2.51. The third-order valence-electron chi connectivity index (χ3n) is 3.69. The molecule has 2 aromatic carbocycles. The lowest BCUT2D eigenvalue weighted by atomic mass is 9.95. The first-order valence-electron chi connectivity index (χ1n) is 7.03. The van der Waals surface area contributed by atoms with Gasteiger partial charge in [0.2, 0.25) is 0 Å². The van der Waals surface area contributed by atoms with Crippen molar-refractivity contribution in [2.24, 2.45) is 10.8 Å². The van der Waals surface area contributed by atoms with Crippen LogP contribution >= 0.6 is 0 Å². The molecule has 1 heterocycles. The van der Waals surface area contributed by atoms with Gasteiger partial charge in [0, 0.05) is 24.2 Å². The van der Waals surface area contributed by atoms with E-state index in [2.05, 4.69) is 60.5 Å². The van der Waals surface area contributed by atoms with E-state index in [0.717, 1.165) is 29.9 Å². The van der Waals surface area contributed by atoms with Gasteiger partial charge in [-0.25, -0.2) is 0 Å². The van der Waals surface area contributed by atoms with Gasteiger partial charge in [-0.15, -0.1) is 0 Å². The highest BCUT2D eigenvalue weighted by Crippen LogP contribution is 2.22. The number of hydrazone groups is 1. The molecule has 0 saturated carbocycles. The van der Waals surface area contributed by atoms with E-state index in [4.69, 9.17) is 10.8 Å². The summed E-state index contributed by atoms with van der Waals surface area (Å²) in [5.41, 5.74) is 11.6. The van der Waals surface area contributed by atoms with Crippen molar-refractivity contribution in [1.82, 2.24) is 5.01 Å². The summed E-state index contributed by atoms with van der Waals surface area (Å²) in [6.07, 6.45) is 0. The van der Waals surface area contributed by atoms with Crippen LogP contribution in [0, 0.1) is 0 Å². The van der Waals surface area contributed by atoms with Gasteiger partial charge >= 0.3 is 0 Å². The second kappa shape index (κ2) is 5.47. The molecule has 0 aliphatic carbocycles. The van der Waals surface area contributed by atoms with Crippen molar-refractivity contribution in [2.45, 2.75) is 20.0 Å². The molecule has 2 N–H and O–H groups in total. The lowest BCUT2D eigenvalue weighted by Crippen LogP contribution is -2.26. The molecular weight excluding hydrogens is 246 g/mol. The number of nitrogens with zero attached hydrogens (tertiary/aromatic N) is 2. The quantitative estimate of drug-likeness (QED) is 0.927. The summed E-state index contributed by atoms with van der Waals surface area (Å²) in [6, 6.07) is 16.9. The number of rotatable bonds is 3. The smallest absolute Gasteiger partial charge is 0.0979 e. The van der Waals surface area contributed by atoms with Crippen LogP contribution in [-0.2, 0) is 13.1 Å². The van der Waals surface area contributed by atoms with Gasteiger partial charge in [-0.05, 0) is 18.1 Å². The molecular formula is C17H19N3. The topological polar surface area (TPSA) is 41.6 Å². The van der Waals surface area contributed by atoms with Crippen molar-refractivity contribution in [2.75, 3.05) is 6.54 Å². The van der Waals surface area contributed by atoms with Gasteiger partial charge in [-0.3, -0.25) is 5.01 Å². The van der Waals surface area contributed by atoms with Crippen molar-refractivity contribution in [3.8, 4) is 0 Å². The standard InChI is InChI=1S/C17H19N3/c1-2-20-12-15-5-3-4-6-16(15)17(19-20)14-9-7-13(11-18)8-10-14/h3-10H,2,11-12,18H2,1H3. The first kappa shape index (κ1) is 12.9. The van der Waals surface area contributed by atoms with Crippen LogP contribution in [0.15, 0.2) is 53.6 Å². The molecule has 0 unspecified atom stereocenters. The number of hydrogen-bond donors (Lipinski definition) is 1. The monoisotopic (exact) mass is 265 g/mol. The summed E-state index contributed by atoms with van der Waals surface area (Å²) in [5.74, 6) is 0. The molecule has 0 fully saturated rings. The molecule has 0 amide bonds. The maximum Gasteiger partial charge on any atom is 0.0979 e. The van der Waals surface area contributed by atoms with Gasteiger partial charge in [-0.2, -0.15) is 5.10 Å². The Hall–Kier alpha value is -2.13. The van der Waals surface area contributed by atoms with Crippen LogP contribution in [0.25, 0.3) is 0 Å². The maximum absolute atomic E-state index is 5.66. The zero-order chi connectivity index (χ0) is 13.9. The third-order valence-corrected chi connectivity index (χ3v) is 3.69. The van der Waals surface area contributed by atoms with E-state index in [-0.39, 0.29) is 0 Å². The average molecular weight is 265 g/mol. The minimum Gasteiger partial charge on any atom is -0.326 e. The highest BCUT2D eigenvalue weighted by Gasteiger charge is 2.18. The maximum atomic E-state index is 5.66. The molecule has 0 atom stereocenters. The fourth-order valence-electron chi connectivity index (χ4n) is 2.51. The molecule has 3 heteroatoms. The summed E-state index contributed by atoms with van der Waals surface area (Å²) in [5, 5.41) is 6.89. The summed E-state index contributed by atoms with van der Waals surface area (Å²) >= 11 is 0. The Balaban J connectivity index is 2.06. The molecule has 0 radical (unpaired) electrons. The van der Waals surface area contributed by atoms with Crippen LogP contribution in [0.3, 0.4) is 0 Å². The van der Waals surface area contributed by atoms with Crippen LogP contribution in [-0.4, -0.2) is 17.3 Å². The highest BCUT2D eigenvalue weighted by atomic mass is 15.5. The molecule has 0 aromatic heterocycles. The molecule has 1 aliphatic rings. The minimum absolute atomic E-state index is 0.574. The van der Waals surface area contributed by atoms with E-state index >= 15 is 0 Å². The van der Waals surface area contributed by atoms with Crippen molar-refractivity contribution < 1.29 is 0 Å². The van der Waals surface area contributed by atoms with E-state index in [1.807, 2.05) is 0 Å². The summed E-state index contributed by atoms with van der Waals surface area (Å²) < 4.78 is 0. The van der Waals surface area contributed by atoms with Crippen LogP contribution in [0.4, 0.5) is 0 Å². The molecule has 3 nitrogen and oxygen atoms in total. The van der Waals surface area contributed by atoms with Crippen molar-refractivity contribution in [3.63, 3.8) is 0 Å². The van der Waals surface area contributed by atoms with Gasteiger partial charge in [0.15, 0.2) is 0 Å². The first-order chi connectivity index (χ1) is 9.81. The van der Waals surface area contributed by atoms with Gasteiger partial charge in [0.25, 0.3) is 0 Å². The van der Waals surface area contributed by atoms with Crippen molar-refractivity contribution in [1.29, 1.82) is 0 Å². The van der Waals surface area contributed by atoms with Gasteiger partial charge in [0.05, 0.1) is 12.3 Å². The molecule has 2 aromatic rings. The van der Waals surface area contributed by atoms with E-state index in [0.29, 0.717) is 6.54 Å². The van der Waals surface area contributed by atoms with Crippen LogP contribution in [0.2, 0.25) is 0 Å². The van der Waals surface area contributed by atoms with E-state index in [1.54, 1.807) is 0 Å². The Labute approximate surface area is 119 Å². The molecule has 102 valence electrons. The van der Waals surface area contributed by atoms with Gasteiger partial charge < -0.3 is 5.73 Å². The van der Waals surface area contributed by atoms with Crippen molar-refractivity contribution in [3.05, 3.63) is 70.8 Å². The Kier molecular flexibility index (Phi) is 3.52. The second-order valence-corrected chi connectivity index (χ2v) is 4.99. The van der Waals surface area contributed by atoms with Crippen LogP contribution in [0.1, 0.15) is 29.2 Å². The van der Waals surface area contributed by atoms with E-state index < -0.39 is 0 Å². The predicted octanol–water partition coefficient (Wildman–Crippen LogP) is 2.73. The van der Waals surface area contributed by atoms with Gasteiger partial charge in [0.1, 0.15) is 0 Å². The average Bonchev–Trinajstić information content (AvgIpc) is 2.54. The van der Waals surface area contributed by atoms with E-state index in [1.165, 1.54) is 11.1 Å². The third kappa shape index (κ3) is 2.32. The SMILES string of the molecule is CCN1Cc2ccccc2C(c2ccc(CN)cc2)=N1. The molecule has 3 rings (SSSR count). The Morgan fingerprint density at radius 1 is 1.10 bits per heavy atom. The number of nitrogens with two attached hydrogens (primary N) is 1. The van der Waals surface area contributed by atoms with Gasteiger partial charge in [-0.1, -0.05) is 48.5 Å². The zero-order valence-corrected chi connectivity index (χ0v) is 11.7. The number of fused-ring (bicyclic) bond motifs is 1. The Morgan fingerprint density at radius 3 is 2.55 bits per heavy atom. The lowest BCUT2D eigenvalue weighted by Gasteiger charge is -2.26.